The topological polar surface area (TPSA) is 58.0 Å². The summed E-state index contributed by atoms with van der Waals surface area (Å²) >= 11 is 0. The van der Waals surface area contributed by atoms with Crippen molar-refractivity contribution in [2.24, 2.45) is 5.11 Å². The normalized spacial score (nSPS) is 10.7. The van der Waals surface area contributed by atoms with E-state index < -0.39 is 17.4 Å². The van der Waals surface area contributed by atoms with Gasteiger partial charge in [0.05, 0.1) is 12.7 Å². The van der Waals surface area contributed by atoms with Gasteiger partial charge in [0, 0.05) is 10.6 Å². The smallest absolute Gasteiger partial charge is 0.416 e. The quantitative estimate of drug-likeness (QED) is 0.423. The van der Waals surface area contributed by atoms with Crippen LogP contribution >= 0.6 is 0 Å². The fourth-order valence-corrected chi connectivity index (χ4v) is 1.00. The van der Waals surface area contributed by atoms with Crippen molar-refractivity contribution in [2.45, 2.75) is 6.18 Å². The molecular formula is C8H6F3N3O. The maximum atomic E-state index is 12.4. The van der Waals surface area contributed by atoms with Gasteiger partial charge in [0.1, 0.15) is 5.75 Å². The molecule has 4 nitrogen and oxygen atoms in total. The second kappa shape index (κ2) is 4.10. The van der Waals surface area contributed by atoms with Gasteiger partial charge in [-0.25, -0.2) is 0 Å². The maximum absolute atomic E-state index is 12.4. The number of hydrogen-bond acceptors (Lipinski definition) is 2. The molecule has 0 amide bonds. The molecule has 0 bridgehead atoms. The Morgan fingerprint density at radius 3 is 2.53 bits per heavy atom. The predicted octanol–water partition coefficient (Wildman–Crippen LogP) is 3.66. The molecular weight excluding hydrogens is 211 g/mol. The van der Waals surface area contributed by atoms with Crippen LogP contribution in [0.4, 0.5) is 18.9 Å². The molecule has 1 aromatic rings. The first-order valence-corrected chi connectivity index (χ1v) is 3.79. The zero-order valence-electron chi connectivity index (χ0n) is 7.62. The Labute approximate surface area is 82.9 Å². The SMILES string of the molecule is COc1ccc(N=[N+]=[N-])c(C(F)(F)F)c1. The van der Waals surface area contributed by atoms with E-state index in [1.807, 2.05) is 0 Å². The van der Waals surface area contributed by atoms with Crippen molar-refractivity contribution in [3.05, 3.63) is 34.2 Å². The Morgan fingerprint density at radius 2 is 2.07 bits per heavy atom. The molecule has 0 aromatic heterocycles. The molecule has 0 spiro atoms. The molecule has 0 atom stereocenters. The summed E-state index contributed by atoms with van der Waals surface area (Å²) in [7, 11) is 1.25. The minimum absolute atomic E-state index is 0.0548. The zero-order chi connectivity index (χ0) is 11.5. The van der Waals surface area contributed by atoms with Gasteiger partial charge < -0.3 is 4.74 Å². The average molecular weight is 217 g/mol. The number of alkyl halides is 3. The van der Waals surface area contributed by atoms with Gasteiger partial charge in [-0.1, -0.05) is 5.11 Å². The van der Waals surface area contributed by atoms with E-state index >= 15 is 0 Å². The van der Waals surface area contributed by atoms with E-state index in [0.29, 0.717) is 0 Å². The van der Waals surface area contributed by atoms with E-state index in [1.165, 1.54) is 13.2 Å². The predicted molar refractivity (Wildman–Crippen MR) is 46.8 cm³/mol. The molecule has 0 aliphatic rings. The van der Waals surface area contributed by atoms with Gasteiger partial charge >= 0.3 is 6.18 Å². The molecule has 0 aliphatic heterocycles. The summed E-state index contributed by atoms with van der Waals surface area (Å²) in [5, 5.41) is 2.95. The van der Waals surface area contributed by atoms with Crippen LogP contribution in [0.3, 0.4) is 0 Å². The lowest BCUT2D eigenvalue weighted by molar-refractivity contribution is -0.137. The lowest BCUT2D eigenvalue weighted by Crippen LogP contribution is -2.05. The van der Waals surface area contributed by atoms with E-state index in [1.54, 1.807) is 0 Å². The monoisotopic (exact) mass is 217 g/mol. The highest BCUT2D eigenvalue weighted by Gasteiger charge is 2.33. The molecule has 7 heteroatoms. The molecule has 1 aromatic carbocycles. The van der Waals surface area contributed by atoms with E-state index in [0.717, 1.165) is 12.1 Å². The average Bonchev–Trinajstić information content (AvgIpc) is 2.17. The highest BCUT2D eigenvalue weighted by molar-refractivity contribution is 5.51. The van der Waals surface area contributed by atoms with Crippen LogP contribution in [0.15, 0.2) is 23.3 Å². The van der Waals surface area contributed by atoms with E-state index in [4.69, 9.17) is 5.53 Å². The van der Waals surface area contributed by atoms with Crippen molar-refractivity contribution < 1.29 is 17.9 Å². The van der Waals surface area contributed by atoms with E-state index in [2.05, 4.69) is 14.8 Å². The first-order chi connectivity index (χ1) is 6.99. The second-order valence-corrected chi connectivity index (χ2v) is 2.57. The van der Waals surface area contributed by atoms with Crippen LogP contribution in [0, 0.1) is 0 Å². The molecule has 0 fully saturated rings. The molecule has 0 radical (unpaired) electrons. The van der Waals surface area contributed by atoms with Gasteiger partial charge in [-0.15, -0.1) is 0 Å². The van der Waals surface area contributed by atoms with Gasteiger partial charge in [-0.2, -0.15) is 13.2 Å². The molecule has 15 heavy (non-hydrogen) atoms. The highest BCUT2D eigenvalue weighted by Crippen LogP contribution is 2.38. The van der Waals surface area contributed by atoms with Crippen LogP contribution in [0.2, 0.25) is 0 Å². The number of hydrogen-bond donors (Lipinski definition) is 0. The molecule has 0 saturated heterocycles. The van der Waals surface area contributed by atoms with Gasteiger partial charge in [-0.3, -0.25) is 0 Å². The van der Waals surface area contributed by atoms with Crippen LogP contribution in [-0.2, 0) is 6.18 Å². The van der Waals surface area contributed by atoms with Crippen molar-refractivity contribution >= 4 is 5.69 Å². The summed E-state index contributed by atoms with van der Waals surface area (Å²) in [6, 6.07) is 3.13. The van der Waals surface area contributed by atoms with Gasteiger partial charge in [-0.05, 0) is 23.7 Å². The largest absolute Gasteiger partial charge is 0.497 e. The lowest BCUT2D eigenvalue weighted by Gasteiger charge is -2.10. The van der Waals surface area contributed by atoms with Crippen molar-refractivity contribution in [1.29, 1.82) is 0 Å². The number of methoxy groups -OCH3 is 1. The molecule has 1 rings (SSSR count). The third-order valence-electron chi connectivity index (χ3n) is 1.66. The Bertz CT molecular complexity index is 410. The minimum Gasteiger partial charge on any atom is -0.497 e. The standard InChI is InChI=1S/C8H6F3N3O/c1-15-5-2-3-7(13-14-12)6(4-5)8(9,10)11/h2-4H,1H3. The van der Waals surface area contributed by atoms with Crippen LogP contribution in [0.1, 0.15) is 5.56 Å². The number of nitrogens with zero attached hydrogens (tertiary/aromatic N) is 3. The van der Waals surface area contributed by atoms with Crippen LogP contribution in [-0.4, -0.2) is 7.11 Å². The van der Waals surface area contributed by atoms with Gasteiger partial charge in [0.25, 0.3) is 0 Å². The second-order valence-electron chi connectivity index (χ2n) is 2.57. The summed E-state index contributed by atoms with van der Waals surface area (Å²) in [4.78, 5) is 2.32. The molecule has 0 aliphatic carbocycles. The molecule has 0 N–H and O–H groups in total. The fraction of sp³-hybridized carbons (Fsp3) is 0.250. The summed E-state index contributed by atoms with van der Waals surface area (Å²) in [6.07, 6.45) is -4.57. The Kier molecular flexibility index (Phi) is 3.06. The first kappa shape index (κ1) is 11.2. The summed E-state index contributed by atoms with van der Waals surface area (Å²) in [5.74, 6) is 0.0548. The number of benzene rings is 1. The maximum Gasteiger partial charge on any atom is 0.416 e. The number of ether oxygens (including phenoxy) is 1. The first-order valence-electron chi connectivity index (χ1n) is 3.79. The third kappa shape index (κ3) is 2.54. The molecule has 0 heterocycles. The Balaban J connectivity index is 3.35. The van der Waals surface area contributed by atoms with Crippen LogP contribution in [0.5, 0.6) is 5.75 Å². The minimum atomic E-state index is -4.57. The summed E-state index contributed by atoms with van der Waals surface area (Å²) < 4.78 is 42.0. The Morgan fingerprint density at radius 1 is 1.40 bits per heavy atom. The molecule has 0 saturated carbocycles. The summed E-state index contributed by atoms with van der Waals surface area (Å²) in [6.45, 7) is 0. The van der Waals surface area contributed by atoms with Crippen LogP contribution in [0.25, 0.3) is 10.4 Å². The van der Waals surface area contributed by atoms with E-state index in [-0.39, 0.29) is 5.75 Å². The zero-order valence-corrected chi connectivity index (χ0v) is 7.62. The Hall–Kier alpha value is -1.88. The van der Waals surface area contributed by atoms with Gasteiger partial charge in [0.2, 0.25) is 0 Å². The summed E-state index contributed by atoms with van der Waals surface area (Å²) in [5.41, 5.74) is 6.62. The van der Waals surface area contributed by atoms with E-state index in [9.17, 15) is 13.2 Å². The molecule has 0 unspecified atom stereocenters. The molecule has 80 valence electrons. The number of rotatable bonds is 2. The van der Waals surface area contributed by atoms with Gasteiger partial charge in [0.15, 0.2) is 0 Å². The van der Waals surface area contributed by atoms with Crippen molar-refractivity contribution in [1.82, 2.24) is 0 Å². The number of halogens is 3. The van der Waals surface area contributed by atoms with Crippen molar-refractivity contribution in [3.63, 3.8) is 0 Å². The fourth-order valence-electron chi connectivity index (χ4n) is 1.00. The highest BCUT2D eigenvalue weighted by atomic mass is 19.4. The lowest BCUT2D eigenvalue weighted by atomic mass is 10.1. The van der Waals surface area contributed by atoms with Crippen LogP contribution < -0.4 is 4.74 Å². The van der Waals surface area contributed by atoms with Crippen molar-refractivity contribution in [3.8, 4) is 5.75 Å². The van der Waals surface area contributed by atoms with Crippen molar-refractivity contribution in [2.75, 3.05) is 7.11 Å². The number of azide groups is 1. The third-order valence-corrected chi connectivity index (χ3v) is 1.66.